The Morgan fingerprint density at radius 1 is 1.06 bits per heavy atom. The van der Waals surface area contributed by atoms with E-state index in [0.717, 1.165) is 17.1 Å². The van der Waals surface area contributed by atoms with Gasteiger partial charge in [-0.25, -0.2) is 14.8 Å². The van der Waals surface area contributed by atoms with Crippen LogP contribution in [0.1, 0.15) is 11.1 Å². The Morgan fingerprint density at radius 3 is 2.24 bits per heavy atom. The Labute approximate surface area is 188 Å². The first kappa shape index (κ1) is 24.6. The molecule has 0 spiro atoms. The van der Waals surface area contributed by atoms with Gasteiger partial charge in [0.2, 0.25) is 5.95 Å². The minimum Gasteiger partial charge on any atom is -0.475 e. The molecule has 2 aromatic heterocycles. The number of anilines is 2. The summed E-state index contributed by atoms with van der Waals surface area (Å²) in [4.78, 5) is 24.2. The number of alkyl halides is 6. The molecule has 0 unspecified atom stereocenters. The number of H-pyrrole nitrogens is 1. The molecule has 3 aromatic rings. The van der Waals surface area contributed by atoms with Gasteiger partial charge in [-0.3, -0.25) is 0 Å². The number of nitrogens with zero attached hydrogens (tertiary/aromatic N) is 5. The van der Waals surface area contributed by atoms with Crippen molar-refractivity contribution in [1.82, 2.24) is 15.0 Å². The molecule has 0 aliphatic carbocycles. The zero-order chi connectivity index (χ0) is 25.1. The zero-order valence-corrected chi connectivity index (χ0v) is 17.2. The predicted molar refractivity (Wildman–Crippen MR) is 108 cm³/mol. The number of aromatic nitrogens is 3. The first-order valence-electron chi connectivity index (χ1n) is 9.62. The summed E-state index contributed by atoms with van der Waals surface area (Å²) < 4.78 is 71.4. The SMILES string of the molecule is N#Cc1ccc2nc(N3CCN(c4ncccc4C(F)(F)F)CC3)[nH]c2c1.O=C(O)C(F)(F)F. The molecule has 8 nitrogen and oxygen atoms in total. The number of carboxylic acids is 1. The number of piperazine rings is 1. The third-order valence-electron chi connectivity index (χ3n) is 4.81. The topological polar surface area (TPSA) is 109 Å². The minimum atomic E-state index is -5.08. The number of halogens is 6. The summed E-state index contributed by atoms with van der Waals surface area (Å²) in [6.45, 7) is 1.83. The van der Waals surface area contributed by atoms with Crippen LogP contribution in [0.5, 0.6) is 0 Å². The normalized spacial score (nSPS) is 14.4. The van der Waals surface area contributed by atoms with Gasteiger partial charge in [0.1, 0.15) is 5.82 Å². The third kappa shape index (κ3) is 5.66. The standard InChI is InChI=1S/C18H15F3N6.C2HF3O2/c19-18(20,21)13-2-1-5-23-16(13)26-6-8-27(9-7-26)17-24-14-4-3-12(11-22)10-15(14)25-17;3-2(4,5)1(6)7/h1-5,10H,6-9H2,(H,24,25);(H,6,7). The average Bonchev–Trinajstić information content (AvgIpc) is 3.22. The number of carbonyl (C=O) groups is 1. The maximum Gasteiger partial charge on any atom is 0.490 e. The van der Waals surface area contributed by atoms with Gasteiger partial charge >= 0.3 is 18.3 Å². The highest BCUT2D eigenvalue weighted by Gasteiger charge is 2.38. The van der Waals surface area contributed by atoms with E-state index in [1.807, 2.05) is 4.90 Å². The molecule has 0 amide bonds. The molecular weight excluding hydrogens is 470 g/mol. The number of imidazole rings is 1. The number of hydrogen-bond donors (Lipinski definition) is 2. The van der Waals surface area contributed by atoms with Gasteiger partial charge in [-0.15, -0.1) is 0 Å². The van der Waals surface area contributed by atoms with Crippen LogP contribution in [0.15, 0.2) is 36.5 Å². The second-order valence-electron chi connectivity index (χ2n) is 7.05. The van der Waals surface area contributed by atoms with Gasteiger partial charge in [0.05, 0.1) is 28.2 Å². The van der Waals surface area contributed by atoms with Crippen molar-refractivity contribution in [2.24, 2.45) is 0 Å². The van der Waals surface area contributed by atoms with Gasteiger partial charge in [-0.05, 0) is 30.3 Å². The Kier molecular flexibility index (Phi) is 6.85. The summed E-state index contributed by atoms with van der Waals surface area (Å²) in [6.07, 6.45) is -8.14. The van der Waals surface area contributed by atoms with E-state index in [9.17, 15) is 26.3 Å². The van der Waals surface area contributed by atoms with Gasteiger partial charge < -0.3 is 19.9 Å². The third-order valence-corrected chi connectivity index (χ3v) is 4.81. The molecule has 0 saturated carbocycles. The van der Waals surface area contributed by atoms with E-state index < -0.39 is 23.9 Å². The van der Waals surface area contributed by atoms with Gasteiger partial charge in [0.15, 0.2) is 0 Å². The van der Waals surface area contributed by atoms with Crippen LogP contribution in [-0.4, -0.2) is 58.4 Å². The number of aliphatic carboxylic acids is 1. The van der Waals surface area contributed by atoms with E-state index in [4.69, 9.17) is 15.2 Å². The largest absolute Gasteiger partial charge is 0.490 e. The van der Waals surface area contributed by atoms with Crippen molar-refractivity contribution in [3.8, 4) is 6.07 Å². The quantitative estimate of drug-likeness (QED) is 0.531. The summed E-state index contributed by atoms with van der Waals surface area (Å²) in [7, 11) is 0. The Hall–Kier alpha value is -4.02. The predicted octanol–water partition coefficient (Wildman–Crippen LogP) is 3.81. The van der Waals surface area contributed by atoms with Crippen molar-refractivity contribution in [1.29, 1.82) is 5.26 Å². The summed E-state index contributed by atoms with van der Waals surface area (Å²) in [5, 5.41) is 16.1. The van der Waals surface area contributed by atoms with E-state index >= 15 is 0 Å². The monoisotopic (exact) mass is 486 g/mol. The van der Waals surface area contributed by atoms with Crippen molar-refractivity contribution >= 4 is 28.8 Å². The lowest BCUT2D eigenvalue weighted by atomic mass is 10.2. The fourth-order valence-corrected chi connectivity index (χ4v) is 3.22. The number of nitriles is 1. The minimum absolute atomic E-state index is 0.0343. The van der Waals surface area contributed by atoms with E-state index in [2.05, 4.69) is 21.0 Å². The number of benzene rings is 1. The number of carboxylic acid groups (broad SMARTS) is 1. The molecule has 1 aliphatic rings. The molecule has 1 aliphatic heterocycles. The van der Waals surface area contributed by atoms with Crippen molar-refractivity contribution in [3.63, 3.8) is 0 Å². The maximum absolute atomic E-state index is 13.2. The van der Waals surface area contributed by atoms with E-state index in [1.165, 1.54) is 12.3 Å². The van der Waals surface area contributed by atoms with Crippen molar-refractivity contribution < 1.29 is 36.2 Å². The van der Waals surface area contributed by atoms with Gasteiger partial charge in [0, 0.05) is 32.4 Å². The highest BCUT2D eigenvalue weighted by molar-refractivity contribution is 5.79. The van der Waals surface area contributed by atoms with Gasteiger partial charge in [0.25, 0.3) is 0 Å². The summed E-state index contributed by atoms with van der Waals surface area (Å²) >= 11 is 0. The number of aromatic amines is 1. The molecule has 14 heteroatoms. The number of hydrogen-bond acceptors (Lipinski definition) is 6. The molecule has 1 fully saturated rings. The molecule has 1 saturated heterocycles. The van der Waals surface area contributed by atoms with Crippen LogP contribution < -0.4 is 9.80 Å². The summed E-state index contributed by atoms with van der Waals surface area (Å²) in [5.74, 6) is -2.14. The van der Waals surface area contributed by atoms with Gasteiger partial charge in [-0.2, -0.15) is 31.6 Å². The Balaban J connectivity index is 0.000000406. The van der Waals surface area contributed by atoms with E-state index in [-0.39, 0.29) is 5.82 Å². The lowest BCUT2D eigenvalue weighted by Gasteiger charge is -2.36. The number of rotatable bonds is 2. The van der Waals surface area contributed by atoms with E-state index in [0.29, 0.717) is 37.7 Å². The maximum atomic E-state index is 13.2. The van der Waals surface area contributed by atoms with Crippen LogP contribution in [0.2, 0.25) is 0 Å². The van der Waals surface area contributed by atoms with Crippen molar-refractivity contribution in [3.05, 3.63) is 47.7 Å². The molecule has 0 bridgehead atoms. The fraction of sp³-hybridized carbons (Fsp3) is 0.300. The lowest BCUT2D eigenvalue weighted by Crippen LogP contribution is -2.47. The average molecular weight is 486 g/mol. The van der Waals surface area contributed by atoms with Crippen LogP contribution in [0.3, 0.4) is 0 Å². The van der Waals surface area contributed by atoms with E-state index in [1.54, 1.807) is 23.1 Å². The Morgan fingerprint density at radius 2 is 1.68 bits per heavy atom. The number of nitrogens with one attached hydrogen (secondary N) is 1. The highest BCUT2D eigenvalue weighted by atomic mass is 19.4. The molecule has 0 atom stereocenters. The van der Waals surface area contributed by atoms with Crippen molar-refractivity contribution in [2.75, 3.05) is 36.0 Å². The molecule has 1 aromatic carbocycles. The first-order valence-corrected chi connectivity index (χ1v) is 9.62. The first-order chi connectivity index (χ1) is 15.9. The number of pyridine rings is 1. The zero-order valence-electron chi connectivity index (χ0n) is 17.2. The highest BCUT2D eigenvalue weighted by Crippen LogP contribution is 2.35. The molecule has 180 valence electrons. The molecule has 34 heavy (non-hydrogen) atoms. The van der Waals surface area contributed by atoms with Crippen molar-refractivity contribution in [2.45, 2.75) is 12.4 Å². The summed E-state index contributed by atoms with van der Waals surface area (Å²) in [5.41, 5.74) is 1.33. The van der Waals surface area contributed by atoms with Gasteiger partial charge in [-0.1, -0.05) is 0 Å². The van der Waals surface area contributed by atoms with Crippen LogP contribution >= 0.6 is 0 Å². The Bertz CT molecular complexity index is 1210. The second kappa shape index (κ2) is 9.46. The molecular formula is C20H16F6N6O2. The van der Waals surface area contributed by atoms with Crippen LogP contribution in [0.4, 0.5) is 38.1 Å². The molecule has 4 rings (SSSR count). The van der Waals surface area contributed by atoms with Crippen LogP contribution in [0, 0.1) is 11.3 Å². The molecule has 2 N–H and O–H groups in total. The fourth-order valence-electron chi connectivity index (χ4n) is 3.22. The van der Waals surface area contributed by atoms with Crippen LogP contribution in [0.25, 0.3) is 11.0 Å². The number of fused-ring (bicyclic) bond motifs is 1. The lowest BCUT2D eigenvalue weighted by molar-refractivity contribution is -0.192. The summed E-state index contributed by atoms with van der Waals surface area (Å²) in [6, 6.07) is 9.64. The van der Waals surface area contributed by atoms with Crippen LogP contribution in [-0.2, 0) is 11.0 Å². The smallest absolute Gasteiger partial charge is 0.475 e. The molecule has 0 radical (unpaired) electrons. The second-order valence-corrected chi connectivity index (χ2v) is 7.05. The molecule has 3 heterocycles.